The van der Waals surface area contributed by atoms with Gasteiger partial charge in [-0.3, -0.25) is 14.2 Å². The SMILES string of the molecule is CCCCCCCCCC/C=C\CCCCCCCCCCCCCC(=O)OC(COC(=O)CCCCCCCCCCCCCCCC)COP(=O)([O-])OCC[N+](C)(C)C. The maximum atomic E-state index is 12.7. The maximum Gasteiger partial charge on any atom is 0.306 e. The van der Waals surface area contributed by atoms with Crippen LogP contribution < -0.4 is 4.89 Å². The van der Waals surface area contributed by atoms with E-state index in [4.69, 9.17) is 18.5 Å². The zero-order valence-electron chi connectivity index (χ0n) is 40.9. The Kier molecular flexibility index (Phi) is 43.1. The van der Waals surface area contributed by atoms with Gasteiger partial charge in [-0.15, -0.1) is 0 Å². The number of hydrogen-bond acceptors (Lipinski definition) is 8. The predicted molar refractivity (Wildman–Crippen MR) is 255 cm³/mol. The van der Waals surface area contributed by atoms with Crippen molar-refractivity contribution in [2.45, 2.75) is 258 Å². The Balaban J connectivity index is 4.18. The first-order valence-electron chi connectivity index (χ1n) is 25.9. The van der Waals surface area contributed by atoms with Crippen LogP contribution in [0.4, 0.5) is 0 Å². The third-order valence-electron chi connectivity index (χ3n) is 11.5. The number of likely N-dealkylation sites (N-methyl/N-ethyl adjacent to an activating group) is 1. The molecule has 0 aromatic heterocycles. The average Bonchev–Trinajstić information content (AvgIpc) is 3.21. The number of phosphoric ester groups is 1. The number of allylic oxidation sites excluding steroid dienone is 2. The zero-order valence-corrected chi connectivity index (χ0v) is 41.8. The lowest BCUT2D eigenvalue weighted by molar-refractivity contribution is -0.870. The summed E-state index contributed by atoms with van der Waals surface area (Å²) in [6, 6.07) is 0. The molecular weight excluding hydrogens is 786 g/mol. The molecule has 0 amide bonds. The summed E-state index contributed by atoms with van der Waals surface area (Å²) in [5.41, 5.74) is 0. The summed E-state index contributed by atoms with van der Waals surface area (Å²) >= 11 is 0. The molecule has 0 heterocycles. The Hall–Kier alpha value is -1.25. The van der Waals surface area contributed by atoms with Crippen molar-refractivity contribution in [2.75, 3.05) is 47.5 Å². The van der Waals surface area contributed by atoms with Crippen LogP contribution in [0.5, 0.6) is 0 Å². The number of carbonyl (C=O) groups excluding carboxylic acids is 2. The van der Waals surface area contributed by atoms with Gasteiger partial charge in [0.05, 0.1) is 27.7 Å². The molecule has 0 fully saturated rings. The Labute approximate surface area is 377 Å². The number of rotatable bonds is 48. The molecule has 0 aliphatic rings. The molecule has 0 rings (SSSR count). The van der Waals surface area contributed by atoms with E-state index in [9.17, 15) is 19.0 Å². The van der Waals surface area contributed by atoms with Gasteiger partial charge in [-0.05, 0) is 38.5 Å². The maximum absolute atomic E-state index is 12.7. The van der Waals surface area contributed by atoms with Gasteiger partial charge in [0, 0.05) is 12.8 Å². The minimum Gasteiger partial charge on any atom is -0.756 e. The fourth-order valence-corrected chi connectivity index (χ4v) is 8.20. The summed E-state index contributed by atoms with van der Waals surface area (Å²) in [5, 5.41) is 0. The number of nitrogens with zero attached hydrogens (tertiary/aromatic N) is 1. The van der Waals surface area contributed by atoms with E-state index in [1.54, 1.807) is 0 Å². The second-order valence-corrected chi connectivity index (χ2v) is 20.3. The number of ether oxygens (including phenoxy) is 2. The van der Waals surface area contributed by atoms with Gasteiger partial charge < -0.3 is 27.9 Å². The van der Waals surface area contributed by atoms with Crippen LogP contribution in [0.2, 0.25) is 0 Å². The first-order valence-corrected chi connectivity index (χ1v) is 27.4. The smallest absolute Gasteiger partial charge is 0.306 e. The molecule has 0 saturated heterocycles. The van der Waals surface area contributed by atoms with E-state index < -0.39 is 26.5 Å². The number of hydrogen-bond donors (Lipinski definition) is 0. The van der Waals surface area contributed by atoms with Crippen LogP contribution >= 0.6 is 7.82 Å². The lowest BCUT2D eigenvalue weighted by Crippen LogP contribution is -2.37. The second-order valence-electron chi connectivity index (χ2n) is 18.9. The van der Waals surface area contributed by atoms with Gasteiger partial charge in [-0.2, -0.15) is 0 Å². The van der Waals surface area contributed by atoms with Crippen LogP contribution in [-0.4, -0.2) is 70.0 Å². The molecular formula is C51H100NO8P. The lowest BCUT2D eigenvalue weighted by atomic mass is 10.0. The summed E-state index contributed by atoms with van der Waals surface area (Å²) in [4.78, 5) is 37.7. The van der Waals surface area contributed by atoms with Crippen molar-refractivity contribution in [1.29, 1.82) is 0 Å². The lowest BCUT2D eigenvalue weighted by Gasteiger charge is -2.28. The number of quaternary nitrogens is 1. The van der Waals surface area contributed by atoms with Gasteiger partial charge in [0.1, 0.15) is 19.8 Å². The topological polar surface area (TPSA) is 111 Å². The molecule has 0 bridgehead atoms. The van der Waals surface area contributed by atoms with Crippen molar-refractivity contribution in [1.82, 2.24) is 0 Å². The third kappa shape index (κ3) is 48.1. The monoisotopic (exact) mass is 886 g/mol. The van der Waals surface area contributed by atoms with E-state index in [1.807, 2.05) is 21.1 Å². The molecule has 0 saturated carbocycles. The summed E-state index contributed by atoms with van der Waals surface area (Å²) in [7, 11) is 1.18. The van der Waals surface area contributed by atoms with Crippen molar-refractivity contribution >= 4 is 19.8 Å². The normalized spacial score (nSPS) is 13.5. The molecule has 0 radical (unpaired) electrons. The van der Waals surface area contributed by atoms with Crippen LogP contribution in [0.15, 0.2) is 12.2 Å². The van der Waals surface area contributed by atoms with Gasteiger partial charge >= 0.3 is 11.9 Å². The van der Waals surface area contributed by atoms with Gasteiger partial charge in [-0.25, -0.2) is 0 Å². The fourth-order valence-electron chi connectivity index (χ4n) is 7.48. The number of phosphoric acid groups is 1. The summed E-state index contributed by atoms with van der Waals surface area (Å²) in [6.07, 6.45) is 48.1. The van der Waals surface area contributed by atoms with Crippen LogP contribution in [0.25, 0.3) is 0 Å². The van der Waals surface area contributed by atoms with Gasteiger partial charge in [0.2, 0.25) is 0 Å². The molecule has 2 atom stereocenters. The fraction of sp³-hybridized carbons (Fsp3) is 0.922. The first-order chi connectivity index (χ1) is 29.5. The van der Waals surface area contributed by atoms with Crippen molar-refractivity contribution in [3.8, 4) is 0 Å². The molecule has 2 unspecified atom stereocenters. The molecule has 0 N–H and O–H groups in total. The van der Waals surface area contributed by atoms with Gasteiger partial charge in [0.25, 0.3) is 7.82 Å². The van der Waals surface area contributed by atoms with Crippen molar-refractivity contribution < 1.29 is 42.1 Å². The number of unbranched alkanes of at least 4 members (excludes halogenated alkanes) is 32. The molecule has 0 aromatic carbocycles. The molecule has 0 aliphatic heterocycles. The van der Waals surface area contributed by atoms with E-state index in [1.165, 1.54) is 180 Å². The highest BCUT2D eigenvalue weighted by atomic mass is 31.2. The minimum absolute atomic E-state index is 0.0273. The highest BCUT2D eigenvalue weighted by Gasteiger charge is 2.21. The van der Waals surface area contributed by atoms with E-state index in [0.29, 0.717) is 17.4 Å². The number of carbonyl (C=O) groups is 2. The molecule has 0 spiro atoms. The molecule has 0 aromatic rings. The summed E-state index contributed by atoms with van der Waals surface area (Å²) < 4.78 is 34.0. The Morgan fingerprint density at radius 3 is 1.21 bits per heavy atom. The standard InChI is InChI=1S/C51H100NO8P/c1-6-8-10-12-14-16-18-20-22-23-24-25-26-27-28-29-30-32-34-36-38-40-42-44-51(54)60-49(48-59-61(55,56)58-46-45-52(3,4)5)47-57-50(53)43-41-39-37-35-33-31-21-19-17-15-13-11-9-7-2/h23-24,49H,6-22,25-48H2,1-5H3/b24-23-. The van der Waals surface area contributed by atoms with E-state index >= 15 is 0 Å². The molecule has 10 heteroatoms. The molecule has 9 nitrogen and oxygen atoms in total. The average molecular weight is 886 g/mol. The molecule has 362 valence electrons. The van der Waals surface area contributed by atoms with Crippen LogP contribution in [-0.2, 0) is 32.7 Å². The van der Waals surface area contributed by atoms with E-state index in [2.05, 4.69) is 26.0 Å². The Morgan fingerprint density at radius 1 is 0.492 bits per heavy atom. The third-order valence-corrected chi connectivity index (χ3v) is 12.5. The Morgan fingerprint density at radius 2 is 0.836 bits per heavy atom. The van der Waals surface area contributed by atoms with Crippen molar-refractivity contribution in [2.24, 2.45) is 0 Å². The first kappa shape index (κ1) is 59.8. The van der Waals surface area contributed by atoms with E-state index in [-0.39, 0.29) is 32.0 Å². The zero-order chi connectivity index (χ0) is 45.0. The van der Waals surface area contributed by atoms with Crippen molar-refractivity contribution in [3.05, 3.63) is 12.2 Å². The molecule has 61 heavy (non-hydrogen) atoms. The van der Waals surface area contributed by atoms with Crippen LogP contribution in [0, 0.1) is 0 Å². The predicted octanol–water partition coefficient (Wildman–Crippen LogP) is 14.7. The van der Waals surface area contributed by atoms with Crippen LogP contribution in [0.1, 0.15) is 251 Å². The second kappa shape index (κ2) is 44.0. The van der Waals surface area contributed by atoms with Gasteiger partial charge in [0.15, 0.2) is 6.10 Å². The van der Waals surface area contributed by atoms with Gasteiger partial charge in [-0.1, -0.05) is 212 Å². The summed E-state index contributed by atoms with van der Waals surface area (Å²) in [5.74, 6) is -0.820. The largest absolute Gasteiger partial charge is 0.756 e. The highest BCUT2D eigenvalue weighted by Crippen LogP contribution is 2.38. The molecule has 0 aliphatic carbocycles. The van der Waals surface area contributed by atoms with E-state index in [0.717, 1.165) is 38.5 Å². The highest BCUT2D eigenvalue weighted by molar-refractivity contribution is 7.45. The quantitative estimate of drug-likeness (QED) is 0.0195. The minimum atomic E-state index is -4.62. The van der Waals surface area contributed by atoms with Crippen molar-refractivity contribution in [3.63, 3.8) is 0 Å². The van der Waals surface area contributed by atoms with Crippen LogP contribution in [0.3, 0.4) is 0 Å². The Bertz CT molecular complexity index is 1050. The number of esters is 2. The summed E-state index contributed by atoms with van der Waals surface area (Å²) in [6.45, 7) is 4.27.